The zero-order valence-electron chi connectivity index (χ0n) is 9.70. The Kier molecular flexibility index (Phi) is 3.56. The summed E-state index contributed by atoms with van der Waals surface area (Å²) in [5.74, 6) is -1.10. The maximum absolute atomic E-state index is 13.3. The van der Waals surface area contributed by atoms with Gasteiger partial charge in [-0.25, -0.2) is 9.18 Å². The minimum atomic E-state index is -0.774. The van der Waals surface area contributed by atoms with E-state index < -0.39 is 23.0 Å². The first-order valence-electron chi connectivity index (χ1n) is 5.41. The quantitative estimate of drug-likeness (QED) is 0.734. The number of amides is 1. The van der Waals surface area contributed by atoms with Crippen LogP contribution in [0.2, 0.25) is 0 Å². The molecule has 0 saturated heterocycles. The average Bonchev–Trinajstić information content (AvgIpc) is 2.36. The molecule has 7 heteroatoms. The van der Waals surface area contributed by atoms with Crippen LogP contribution in [0.3, 0.4) is 0 Å². The standard InChI is InChI=1S/C12H10FN3O3/c13-8-4-2-1-3-7(8)6-14-11(18)9-5-10(17)16-12(19)15-9/h1-5H,6H2,(H,14,18)(H2,15,16,17,19). The maximum Gasteiger partial charge on any atom is 0.326 e. The van der Waals surface area contributed by atoms with Gasteiger partial charge >= 0.3 is 5.69 Å². The summed E-state index contributed by atoms with van der Waals surface area (Å²) in [6.45, 7) is -0.0413. The lowest BCUT2D eigenvalue weighted by atomic mass is 10.2. The van der Waals surface area contributed by atoms with E-state index in [1.807, 2.05) is 4.98 Å². The number of hydrogen-bond donors (Lipinski definition) is 3. The zero-order chi connectivity index (χ0) is 13.8. The predicted octanol–water partition coefficient (Wildman–Crippen LogP) is 0.132. The Morgan fingerprint density at radius 3 is 2.63 bits per heavy atom. The molecule has 6 nitrogen and oxygen atoms in total. The van der Waals surface area contributed by atoms with Crippen molar-refractivity contribution in [2.45, 2.75) is 6.54 Å². The van der Waals surface area contributed by atoms with Gasteiger partial charge in [-0.15, -0.1) is 0 Å². The smallest absolute Gasteiger partial charge is 0.326 e. The topological polar surface area (TPSA) is 94.8 Å². The van der Waals surface area contributed by atoms with E-state index in [2.05, 4.69) is 10.3 Å². The Balaban J connectivity index is 2.12. The van der Waals surface area contributed by atoms with Crippen molar-refractivity contribution in [2.24, 2.45) is 0 Å². The first kappa shape index (κ1) is 12.7. The molecule has 1 aromatic carbocycles. The second kappa shape index (κ2) is 5.30. The number of benzene rings is 1. The third-order valence-electron chi connectivity index (χ3n) is 2.40. The van der Waals surface area contributed by atoms with Crippen LogP contribution >= 0.6 is 0 Å². The highest BCUT2D eigenvalue weighted by molar-refractivity contribution is 5.91. The predicted molar refractivity (Wildman–Crippen MR) is 65.3 cm³/mol. The molecule has 0 unspecified atom stereocenters. The molecule has 2 aromatic rings. The van der Waals surface area contributed by atoms with Gasteiger partial charge in [-0.2, -0.15) is 0 Å². The summed E-state index contributed by atoms with van der Waals surface area (Å²) in [6, 6.07) is 6.93. The fraction of sp³-hybridized carbons (Fsp3) is 0.0833. The van der Waals surface area contributed by atoms with Crippen molar-refractivity contribution in [2.75, 3.05) is 0 Å². The van der Waals surface area contributed by atoms with E-state index in [1.54, 1.807) is 6.07 Å². The van der Waals surface area contributed by atoms with Crippen molar-refractivity contribution < 1.29 is 9.18 Å². The normalized spacial score (nSPS) is 10.2. The van der Waals surface area contributed by atoms with Crippen LogP contribution < -0.4 is 16.6 Å². The third kappa shape index (κ3) is 3.15. The van der Waals surface area contributed by atoms with Gasteiger partial charge in [-0.05, 0) is 6.07 Å². The molecule has 1 amide bonds. The molecule has 0 spiro atoms. The molecule has 0 aliphatic carbocycles. The first-order chi connectivity index (χ1) is 9.06. The van der Waals surface area contributed by atoms with Gasteiger partial charge in [0.05, 0.1) is 0 Å². The van der Waals surface area contributed by atoms with Crippen LogP contribution in [0.5, 0.6) is 0 Å². The molecule has 1 heterocycles. The van der Waals surface area contributed by atoms with E-state index in [1.165, 1.54) is 18.2 Å². The van der Waals surface area contributed by atoms with Crippen molar-refractivity contribution in [3.05, 3.63) is 68.2 Å². The van der Waals surface area contributed by atoms with Gasteiger partial charge in [-0.3, -0.25) is 14.6 Å². The molecule has 19 heavy (non-hydrogen) atoms. The van der Waals surface area contributed by atoms with Gasteiger partial charge in [0.2, 0.25) is 0 Å². The molecule has 1 aromatic heterocycles. The number of carbonyl (C=O) groups excluding carboxylic acids is 1. The van der Waals surface area contributed by atoms with Gasteiger partial charge in [0, 0.05) is 18.2 Å². The summed E-state index contributed by atoms with van der Waals surface area (Å²) >= 11 is 0. The lowest BCUT2D eigenvalue weighted by Gasteiger charge is -2.05. The van der Waals surface area contributed by atoms with Gasteiger partial charge in [0.25, 0.3) is 11.5 Å². The third-order valence-corrected chi connectivity index (χ3v) is 2.40. The van der Waals surface area contributed by atoms with Crippen LogP contribution in [-0.2, 0) is 6.54 Å². The lowest BCUT2D eigenvalue weighted by molar-refractivity contribution is 0.0945. The van der Waals surface area contributed by atoms with E-state index in [9.17, 15) is 18.8 Å². The summed E-state index contributed by atoms with van der Waals surface area (Å²) in [4.78, 5) is 37.8. The molecule has 0 aliphatic heterocycles. The molecular formula is C12H10FN3O3. The molecular weight excluding hydrogens is 253 g/mol. The van der Waals surface area contributed by atoms with Crippen LogP contribution in [0.15, 0.2) is 39.9 Å². The molecule has 2 rings (SSSR count). The Bertz CT molecular complexity index is 692. The first-order valence-corrected chi connectivity index (χ1v) is 5.41. The number of halogens is 1. The number of aromatic amines is 2. The Hall–Kier alpha value is -2.70. The summed E-state index contributed by atoms with van der Waals surface area (Å²) in [6.07, 6.45) is 0. The van der Waals surface area contributed by atoms with E-state index in [0.29, 0.717) is 5.56 Å². The van der Waals surface area contributed by atoms with Crippen molar-refractivity contribution in [1.29, 1.82) is 0 Å². The Labute approximate surface area is 106 Å². The number of H-pyrrole nitrogens is 2. The number of nitrogens with one attached hydrogen (secondary N) is 3. The SMILES string of the molecule is O=C(NCc1ccccc1F)c1cc(=O)[nH]c(=O)[nH]1. The highest BCUT2D eigenvalue weighted by Gasteiger charge is 2.08. The Morgan fingerprint density at radius 2 is 1.95 bits per heavy atom. The zero-order valence-corrected chi connectivity index (χ0v) is 9.70. The molecule has 98 valence electrons. The van der Waals surface area contributed by atoms with Crippen molar-refractivity contribution in [3.8, 4) is 0 Å². The molecule has 0 radical (unpaired) electrons. The fourth-order valence-electron chi connectivity index (χ4n) is 1.50. The van der Waals surface area contributed by atoms with Crippen molar-refractivity contribution in [3.63, 3.8) is 0 Å². The van der Waals surface area contributed by atoms with E-state index in [0.717, 1.165) is 6.07 Å². The average molecular weight is 263 g/mol. The summed E-state index contributed by atoms with van der Waals surface area (Å²) in [5, 5.41) is 2.41. The minimum Gasteiger partial charge on any atom is -0.347 e. The largest absolute Gasteiger partial charge is 0.347 e. The van der Waals surface area contributed by atoms with Crippen LogP contribution in [0.25, 0.3) is 0 Å². The highest BCUT2D eigenvalue weighted by Crippen LogP contribution is 2.05. The number of rotatable bonds is 3. The summed E-state index contributed by atoms with van der Waals surface area (Å²) < 4.78 is 13.3. The molecule has 0 atom stereocenters. The van der Waals surface area contributed by atoms with Gasteiger partial charge < -0.3 is 10.3 Å². The highest BCUT2D eigenvalue weighted by atomic mass is 19.1. The minimum absolute atomic E-state index is 0.0413. The monoisotopic (exact) mass is 263 g/mol. The molecule has 0 fully saturated rings. The molecule has 0 aliphatic rings. The van der Waals surface area contributed by atoms with Crippen LogP contribution in [-0.4, -0.2) is 15.9 Å². The Morgan fingerprint density at radius 1 is 1.21 bits per heavy atom. The van der Waals surface area contributed by atoms with E-state index >= 15 is 0 Å². The molecule has 3 N–H and O–H groups in total. The van der Waals surface area contributed by atoms with Gasteiger partial charge in [-0.1, -0.05) is 18.2 Å². The van der Waals surface area contributed by atoms with Crippen LogP contribution in [0.1, 0.15) is 16.1 Å². The second-order valence-corrected chi connectivity index (χ2v) is 3.78. The van der Waals surface area contributed by atoms with Crippen molar-refractivity contribution >= 4 is 5.91 Å². The number of hydrogen-bond acceptors (Lipinski definition) is 3. The lowest BCUT2D eigenvalue weighted by Crippen LogP contribution is -2.30. The fourth-order valence-corrected chi connectivity index (χ4v) is 1.50. The van der Waals surface area contributed by atoms with Crippen LogP contribution in [0, 0.1) is 5.82 Å². The molecule has 0 saturated carbocycles. The summed E-state index contributed by atoms with van der Waals surface area (Å²) in [5.41, 5.74) is -1.32. The van der Waals surface area contributed by atoms with Crippen LogP contribution in [0.4, 0.5) is 4.39 Å². The maximum atomic E-state index is 13.3. The number of carbonyl (C=O) groups is 1. The van der Waals surface area contributed by atoms with E-state index in [4.69, 9.17) is 0 Å². The summed E-state index contributed by atoms with van der Waals surface area (Å²) in [7, 11) is 0. The van der Waals surface area contributed by atoms with E-state index in [-0.39, 0.29) is 12.2 Å². The van der Waals surface area contributed by atoms with Crippen molar-refractivity contribution in [1.82, 2.24) is 15.3 Å². The second-order valence-electron chi connectivity index (χ2n) is 3.78. The van der Waals surface area contributed by atoms with Gasteiger partial charge in [0.15, 0.2) is 0 Å². The molecule has 0 bridgehead atoms. The number of aromatic nitrogens is 2. The van der Waals surface area contributed by atoms with Gasteiger partial charge in [0.1, 0.15) is 11.5 Å².